The normalized spacial score (nSPS) is 21.2. The molecule has 2 rings (SSSR count). The van der Waals surface area contributed by atoms with E-state index in [4.69, 9.17) is 11.6 Å². The molecule has 3 nitrogen and oxygen atoms in total. The monoisotopic (exact) mass is 270 g/mol. The minimum atomic E-state index is -0.0604. The van der Waals surface area contributed by atoms with Gasteiger partial charge in [-0.15, -0.1) is 11.8 Å². The molecule has 1 aromatic carbocycles. The van der Waals surface area contributed by atoms with E-state index < -0.39 is 0 Å². The van der Waals surface area contributed by atoms with E-state index in [-0.39, 0.29) is 18.0 Å². The number of rotatable bonds is 3. The second-order valence-corrected chi connectivity index (χ2v) is 5.52. The Bertz CT molecular complexity index is 390. The van der Waals surface area contributed by atoms with Gasteiger partial charge in [0.25, 0.3) is 0 Å². The summed E-state index contributed by atoms with van der Waals surface area (Å²) in [5.74, 6) is 1.77. The minimum absolute atomic E-state index is 0.00664. The highest BCUT2D eigenvalue weighted by Gasteiger charge is 2.23. The molecule has 0 aliphatic carbocycles. The Morgan fingerprint density at radius 1 is 1.53 bits per heavy atom. The first-order valence-corrected chi connectivity index (χ1v) is 7.07. The van der Waals surface area contributed by atoms with Crippen molar-refractivity contribution in [3.05, 3.63) is 34.9 Å². The largest absolute Gasteiger partial charge is 0.348 e. The summed E-state index contributed by atoms with van der Waals surface area (Å²) in [5.41, 5.74) is 1.06. The van der Waals surface area contributed by atoms with E-state index >= 15 is 0 Å². The molecule has 0 aromatic heterocycles. The second-order valence-electron chi connectivity index (χ2n) is 4.05. The number of thioether (sulfide) groups is 1. The number of carbonyl (C=O) groups excluding carboxylic acids is 1. The molecule has 0 spiro atoms. The third kappa shape index (κ3) is 3.37. The Kier molecular flexibility index (Phi) is 4.31. The molecule has 17 heavy (non-hydrogen) atoms. The first kappa shape index (κ1) is 12.7. The van der Waals surface area contributed by atoms with Crippen molar-refractivity contribution in [2.24, 2.45) is 0 Å². The average Bonchev–Trinajstić information content (AvgIpc) is 2.83. The molecule has 1 saturated heterocycles. The molecular weight excluding hydrogens is 256 g/mol. The van der Waals surface area contributed by atoms with Gasteiger partial charge in [-0.25, -0.2) is 0 Å². The average molecular weight is 271 g/mol. The zero-order chi connectivity index (χ0) is 12.3. The van der Waals surface area contributed by atoms with Gasteiger partial charge in [0, 0.05) is 16.7 Å². The van der Waals surface area contributed by atoms with E-state index in [0.29, 0.717) is 5.02 Å². The molecule has 0 radical (unpaired) electrons. The number of hydrogen-bond acceptors (Lipinski definition) is 3. The van der Waals surface area contributed by atoms with E-state index in [1.54, 1.807) is 11.8 Å². The van der Waals surface area contributed by atoms with Crippen LogP contribution in [0.25, 0.3) is 0 Å². The lowest BCUT2D eigenvalue weighted by molar-refractivity contribution is -0.123. The van der Waals surface area contributed by atoms with Crippen LogP contribution in [0.2, 0.25) is 5.02 Å². The molecule has 1 fully saturated rings. The summed E-state index contributed by atoms with van der Waals surface area (Å²) < 4.78 is 0. The lowest BCUT2D eigenvalue weighted by Gasteiger charge is -2.17. The van der Waals surface area contributed by atoms with Gasteiger partial charge in [0.1, 0.15) is 0 Å². The van der Waals surface area contributed by atoms with Crippen molar-refractivity contribution in [2.45, 2.75) is 19.0 Å². The van der Waals surface area contributed by atoms with Crippen LogP contribution in [0.3, 0.4) is 0 Å². The first-order chi connectivity index (χ1) is 8.16. The van der Waals surface area contributed by atoms with Crippen molar-refractivity contribution in [1.82, 2.24) is 10.6 Å². The molecule has 1 aromatic rings. The van der Waals surface area contributed by atoms with Gasteiger partial charge < -0.3 is 5.32 Å². The van der Waals surface area contributed by atoms with Crippen molar-refractivity contribution in [2.75, 3.05) is 11.6 Å². The molecule has 1 aliphatic heterocycles. The van der Waals surface area contributed by atoms with Gasteiger partial charge in [0.15, 0.2) is 0 Å². The number of nitrogens with one attached hydrogen (secondary N) is 2. The van der Waals surface area contributed by atoms with Crippen molar-refractivity contribution < 1.29 is 4.79 Å². The van der Waals surface area contributed by atoms with E-state index in [1.807, 2.05) is 31.2 Å². The number of amides is 1. The summed E-state index contributed by atoms with van der Waals surface area (Å²) in [6.07, 6.45) is 0. The van der Waals surface area contributed by atoms with Gasteiger partial charge in [-0.3, -0.25) is 10.1 Å². The van der Waals surface area contributed by atoms with Crippen molar-refractivity contribution >= 4 is 29.3 Å². The van der Waals surface area contributed by atoms with Gasteiger partial charge in [0.05, 0.1) is 12.1 Å². The molecule has 2 unspecified atom stereocenters. The highest BCUT2D eigenvalue weighted by atomic mass is 35.5. The van der Waals surface area contributed by atoms with Crippen LogP contribution in [0.5, 0.6) is 0 Å². The van der Waals surface area contributed by atoms with E-state index in [2.05, 4.69) is 10.6 Å². The fourth-order valence-electron chi connectivity index (χ4n) is 1.71. The van der Waals surface area contributed by atoms with E-state index in [1.165, 1.54) is 0 Å². The molecule has 92 valence electrons. The first-order valence-electron chi connectivity index (χ1n) is 5.54. The lowest BCUT2D eigenvalue weighted by atomic mass is 10.1. The molecule has 1 amide bonds. The summed E-state index contributed by atoms with van der Waals surface area (Å²) in [6, 6.07) is 7.49. The topological polar surface area (TPSA) is 41.1 Å². The Balaban J connectivity index is 1.93. The van der Waals surface area contributed by atoms with Gasteiger partial charge in [0.2, 0.25) is 5.91 Å². The SMILES string of the molecule is CC(NC(=O)C1CSCN1)c1ccc(Cl)cc1. The molecule has 0 bridgehead atoms. The molecular formula is C12H15ClN2OS. The molecule has 2 atom stereocenters. The summed E-state index contributed by atoms with van der Waals surface area (Å²) in [4.78, 5) is 11.9. The molecule has 1 heterocycles. The van der Waals surface area contributed by atoms with Crippen molar-refractivity contribution in [1.29, 1.82) is 0 Å². The maximum absolute atomic E-state index is 11.9. The molecule has 2 N–H and O–H groups in total. The third-order valence-corrected chi connectivity index (χ3v) is 3.95. The second kappa shape index (κ2) is 5.76. The Morgan fingerprint density at radius 3 is 2.82 bits per heavy atom. The smallest absolute Gasteiger partial charge is 0.238 e. The van der Waals surface area contributed by atoms with Gasteiger partial charge in [-0.1, -0.05) is 23.7 Å². The van der Waals surface area contributed by atoms with E-state index in [0.717, 1.165) is 17.2 Å². The summed E-state index contributed by atoms with van der Waals surface area (Å²) in [5, 5.41) is 6.86. The lowest BCUT2D eigenvalue weighted by Crippen LogP contribution is -2.42. The minimum Gasteiger partial charge on any atom is -0.348 e. The van der Waals surface area contributed by atoms with Gasteiger partial charge in [-0.2, -0.15) is 0 Å². The Morgan fingerprint density at radius 2 is 2.24 bits per heavy atom. The number of benzene rings is 1. The maximum atomic E-state index is 11.9. The molecule has 1 aliphatic rings. The van der Waals surface area contributed by atoms with Crippen LogP contribution in [0.15, 0.2) is 24.3 Å². The van der Waals surface area contributed by atoms with E-state index in [9.17, 15) is 4.79 Å². The highest BCUT2D eigenvalue weighted by molar-refractivity contribution is 7.99. The van der Waals surface area contributed by atoms with Crippen LogP contribution in [0.4, 0.5) is 0 Å². The number of carbonyl (C=O) groups is 1. The van der Waals surface area contributed by atoms with Gasteiger partial charge in [-0.05, 0) is 24.6 Å². The summed E-state index contributed by atoms with van der Waals surface area (Å²) >= 11 is 7.57. The fraction of sp³-hybridized carbons (Fsp3) is 0.417. The van der Waals surface area contributed by atoms with Crippen LogP contribution < -0.4 is 10.6 Å². The number of halogens is 1. The van der Waals surface area contributed by atoms with Crippen LogP contribution in [-0.4, -0.2) is 23.6 Å². The van der Waals surface area contributed by atoms with Crippen LogP contribution in [0, 0.1) is 0 Å². The van der Waals surface area contributed by atoms with Crippen molar-refractivity contribution in [3.63, 3.8) is 0 Å². The standard InChI is InChI=1S/C12H15ClN2OS/c1-8(9-2-4-10(13)5-3-9)15-12(16)11-6-17-7-14-11/h2-5,8,11,14H,6-7H2,1H3,(H,15,16). The molecule has 5 heteroatoms. The molecule has 0 saturated carbocycles. The fourth-order valence-corrected chi connectivity index (χ4v) is 2.78. The number of hydrogen-bond donors (Lipinski definition) is 2. The maximum Gasteiger partial charge on any atom is 0.238 e. The third-order valence-electron chi connectivity index (χ3n) is 2.76. The zero-order valence-corrected chi connectivity index (χ0v) is 11.1. The van der Waals surface area contributed by atoms with Crippen LogP contribution in [0.1, 0.15) is 18.5 Å². The van der Waals surface area contributed by atoms with Crippen molar-refractivity contribution in [3.8, 4) is 0 Å². The Labute approximate surface area is 110 Å². The zero-order valence-electron chi connectivity index (χ0n) is 9.57. The summed E-state index contributed by atoms with van der Waals surface area (Å²) in [6.45, 7) is 1.98. The quantitative estimate of drug-likeness (QED) is 0.885. The van der Waals surface area contributed by atoms with Crippen LogP contribution >= 0.6 is 23.4 Å². The highest BCUT2D eigenvalue weighted by Crippen LogP contribution is 2.17. The predicted molar refractivity (Wildman–Crippen MR) is 72.3 cm³/mol. The summed E-state index contributed by atoms with van der Waals surface area (Å²) in [7, 11) is 0. The van der Waals surface area contributed by atoms with Crippen LogP contribution in [-0.2, 0) is 4.79 Å². The van der Waals surface area contributed by atoms with Gasteiger partial charge >= 0.3 is 0 Å². The predicted octanol–water partition coefficient (Wildman–Crippen LogP) is 2.18. The Hall–Kier alpha value is -0.710.